The molecule has 1 aliphatic rings. The van der Waals surface area contributed by atoms with Crippen LogP contribution < -0.4 is 4.90 Å². The van der Waals surface area contributed by atoms with E-state index in [9.17, 15) is 9.90 Å². The summed E-state index contributed by atoms with van der Waals surface area (Å²) in [6, 6.07) is 3.88. The van der Waals surface area contributed by atoms with Gasteiger partial charge in [-0.2, -0.15) is 0 Å². The highest BCUT2D eigenvalue weighted by Crippen LogP contribution is 2.31. The maximum Gasteiger partial charge on any atom is 0.329 e. The van der Waals surface area contributed by atoms with E-state index in [-0.39, 0.29) is 0 Å². The molecular formula is C13H18N2O2. The molecule has 1 aliphatic heterocycles. The highest BCUT2D eigenvalue weighted by atomic mass is 16.4. The number of nitrogens with zero attached hydrogens (tertiary/aromatic N) is 2. The summed E-state index contributed by atoms with van der Waals surface area (Å²) in [4.78, 5) is 17.7. The van der Waals surface area contributed by atoms with Crippen LogP contribution in [0.4, 0.5) is 5.82 Å². The van der Waals surface area contributed by atoms with Crippen LogP contribution in [-0.4, -0.2) is 28.1 Å². The van der Waals surface area contributed by atoms with Crippen LogP contribution in [0.3, 0.4) is 0 Å². The van der Waals surface area contributed by atoms with Gasteiger partial charge < -0.3 is 10.0 Å². The van der Waals surface area contributed by atoms with Crippen LogP contribution in [0.1, 0.15) is 31.7 Å². The predicted molar refractivity (Wildman–Crippen MR) is 66.2 cm³/mol. The van der Waals surface area contributed by atoms with Crippen molar-refractivity contribution < 1.29 is 9.90 Å². The van der Waals surface area contributed by atoms with Crippen molar-refractivity contribution in [1.82, 2.24) is 4.98 Å². The van der Waals surface area contributed by atoms with Gasteiger partial charge in [-0.15, -0.1) is 0 Å². The third kappa shape index (κ3) is 2.12. The van der Waals surface area contributed by atoms with E-state index in [1.165, 1.54) is 0 Å². The summed E-state index contributed by atoms with van der Waals surface area (Å²) in [5.41, 5.74) is 0.267. The molecule has 2 heterocycles. The van der Waals surface area contributed by atoms with Crippen molar-refractivity contribution >= 4 is 11.8 Å². The van der Waals surface area contributed by atoms with Crippen LogP contribution in [0, 0.1) is 6.92 Å². The molecule has 0 amide bonds. The Morgan fingerprint density at radius 2 is 2.24 bits per heavy atom. The van der Waals surface area contributed by atoms with Gasteiger partial charge in [0.1, 0.15) is 11.4 Å². The minimum absolute atomic E-state index is 0.678. The van der Waals surface area contributed by atoms with Crippen molar-refractivity contribution in [3.63, 3.8) is 0 Å². The number of carboxylic acid groups (broad SMARTS) is 1. The van der Waals surface area contributed by atoms with Crippen molar-refractivity contribution in [2.45, 2.75) is 38.6 Å². The maximum atomic E-state index is 11.5. The second-order valence-electron chi connectivity index (χ2n) is 4.88. The van der Waals surface area contributed by atoms with Crippen LogP contribution in [0.25, 0.3) is 0 Å². The number of aromatic nitrogens is 1. The van der Waals surface area contributed by atoms with Crippen LogP contribution in [0.15, 0.2) is 18.3 Å². The largest absolute Gasteiger partial charge is 0.480 e. The highest BCUT2D eigenvalue weighted by molar-refractivity contribution is 5.83. The average Bonchev–Trinajstić information content (AvgIpc) is 2.31. The number of anilines is 1. The number of hydrogen-bond acceptors (Lipinski definition) is 3. The van der Waals surface area contributed by atoms with Gasteiger partial charge in [-0.3, -0.25) is 0 Å². The van der Waals surface area contributed by atoms with E-state index in [0.29, 0.717) is 6.42 Å². The molecule has 1 fully saturated rings. The van der Waals surface area contributed by atoms with Gasteiger partial charge >= 0.3 is 5.97 Å². The van der Waals surface area contributed by atoms with Gasteiger partial charge in [0.05, 0.1) is 0 Å². The summed E-state index contributed by atoms with van der Waals surface area (Å²) in [7, 11) is 0. The summed E-state index contributed by atoms with van der Waals surface area (Å²) in [6.45, 7) is 4.53. The average molecular weight is 234 g/mol. The number of piperidine rings is 1. The Kier molecular flexibility index (Phi) is 3.05. The Hall–Kier alpha value is -1.58. The van der Waals surface area contributed by atoms with Gasteiger partial charge in [0, 0.05) is 12.7 Å². The van der Waals surface area contributed by atoms with Crippen molar-refractivity contribution in [3.05, 3.63) is 23.9 Å². The van der Waals surface area contributed by atoms with Gasteiger partial charge in [0.15, 0.2) is 0 Å². The lowest BCUT2D eigenvalue weighted by atomic mass is 9.88. The zero-order valence-electron chi connectivity index (χ0n) is 10.3. The molecule has 1 aromatic rings. The molecule has 1 N–H and O–H groups in total. The lowest BCUT2D eigenvalue weighted by Crippen LogP contribution is -2.55. The van der Waals surface area contributed by atoms with Crippen LogP contribution in [0.5, 0.6) is 0 Å². The second-order valence-corrected chi connectivity index (χ2v) is 4.88. The standard InChI is InChI=1S/C13H18N2O2/c1-10-5-6-11(14-9-10)15-8-4-3-7-13(15,2)12(16)17/h5-6,9H,3-4,7-8H2,1-2H3,(H,16,17). The van der Waals surface area contributed by atoms with Gasteiger partial charge in [-0.05, 0) is 44.7 Å². The lowest BCUT2D eigenvalue weighted by molar-refractivity contribution is -0.143. The number of carbonyl (C=O) groups is 1. The molecule has 4 heteroatoms. The summed E-state index contributed by atoms with van der Waals surface area (Å²) in [5, 5.41) is 9.41. The zero-order valence-corrected chi connectivity index (χ0v) is 10.3. The fraction of sp³-hybridized carbons (Fsp3) is 0.538. The molecule has 0 aliphatic carbocycles. The van der Waals surface area contributed by atoms with E-state index in [4.69, 9.17) is 0 Å². The van der Waals surface area contributed by atoms with E-state index >= 15 is 0 Å². The van der Waals surface area contributed by atoms with E-state index in [2.05, 4.69) is 4.98 Å². The van der Waals surface area contributed by atoms with E-state index in [1.807, 2.05) is 24.0 Å². The first-order valence-corrected chi connectivity index (χ1v) is 5.98. The van der Waals surface area contributed by atoms with E-state index in [1.54, 1.807) is 13.1 Å². The molecule has 1 unspecified atom stereocenters. The quantitative estimate of drug-likeness (QED) is 0.852. The molecule has 1 saturated heterocycles. The highest BCUT2D eigenvalue weighted by Gasteiger charge is 2.41. The van der Waals surface area contributed by atoms with E-state index < -0.39 is 11.5 Å². The van der Waals surface area contributed by atoms with Crippen LogP contribution >= 0.6 is 0 Å². The molecular weight excluding hydrogens is 216 g/mol. The molecule has 0 radical (unpaired) electrons. The molecule has 92 valence electrons. The van der Waals surface area contributed by atoms with Gasteiger partial charge in [0.2, 0.25) is 0 Å². The van der Waals surface area contributed by atoms with Crippen molar-refractivity contribution in [1.29, 1.82) is 0 Å². The number of pyridine rings is 1. The molecule has 0 aromatic carbocycles. The first kappa shape index (κ1) is 11.9. The fourth-order valence-corrected chi connectivity index (χ4v) is 2.33. The third-order valence-corrected chi connectivity index (χ3v) is 3.52. The Morgan fingerprint density at radius 3 is 2.82 bits per heavy atom. The van der Waals surface area contributed by atoms with Crippen LogP contribution in [-0.2, 0) is 4.79 Å². The Balaban J connectivity index is 2.34. The SMILES string of the molecule is Cc1ccc(N2CCCCC2(C)C(=O)O)nc1. The molecule has 1 atom stereocenters. The monoisotopic (exact) mass is 234 g/mol. The Labute approximate surface area is 101 Å². The van der Waals surface area contributed by atoms with Crippen molar-refractivity contribution in [3.8, 4) is 0 Å². The predicted octanol–water partition coefficient (Wildman–Crippen LogP) is 2.22. The Morgan fingerprint density at radius 1 is 1.47 bits per heavy atom. The Bertz CT molecular complexity index is 416. The van der Waals surface area contributed by atoms with E-state index in [0.717, 1.165) is 30.8 Å². The maximum absolute atomic E-state index is 11.5. The summed E-state index contributed by atoms with van der Waals surface area (Å²) in [5.74, 6) is -0.000208. The van der Waals surface area contributed by atoms with Crippen molar-refractivity contribution in [2.24, 2.45) is 0 Å². The summed E-state index contributed by atoms with van der Waals surface area (Å²) >= 11 is 0. The molecule has 0 spiro atoms. The number of hydrogen-bond donors (Lipinski definition) is 1. The molecule has 17 heavy (non-hydrogen) atoms. The molecule has 0 bridgehead atoms. The van der Waals surface area contributed by atoms with Crippen molar-refractivity contribution in [2.75, 3.05) is 11.4 Å². The minimum Gasteiger partial charge on any atom is -0.480 e. The van der Waals surface area contributed by atoms with Gasteiger partial charge in [-0.25, -0.2) is 9.78 Å². The second kappa shape index (κ2) is 4.35. The first-order chi connectivity index (χ1) is 8.04. The minimum atomic E-state index is -0.819. The zero-order chi connectivity index (χ0) is 12.5. The summed E-state index contributed by atoms with van der Waals surface area (Å²) in [6.07, 6.45) is 4.45. The smallest absolute Gasteiger partial charge is 0.329 e. The lowest BCUT2D eigenvalue weighted by Gasteiger charge is -2.42. The number of aryl methyl sites for hydroxylation is 1. The van der Waals surface area contributed by atoms with Crippen LogP contribution in [0.2, 0.25) is 0 Å². The molecule has 4 nitrogen and oxygen atoms in total. The molecule has 1 aromatic heterocycles. The summed E-state index contributed by atoms with van der Waals surface area (Å²) < 4.78 is 0. The van der Waals surface area contributed by atoms with Gasteiger partial charge in [0.25, 0.3) is 0 Å². The molecule has 0 saturated carbocycles. The molecule has 2 rings (SSSR count). The number of rotatable bonds is 2. The topological polar surface area (TPSA) is 53.4 Å². The third-order valence-electron chi connectivity index (χ3n) is 3.52. The number of aliphatic carboxylic acids is 1. The fourth-order valence-electron chi connectivity index (χ4n) is 2.33. The van der Waals surface area contributed by atoms with Gasteiger partial charge in [-0.1, -0.05) is 6.07 Å². The normalized spacial score (nSPS) is 24.7. The first-order valence-electron chi connectivity index (χ1n) is 5.98. The number of carboxylic acids is 1.